The first-order chi connectivity index (χ1) is 22.0. The second kappa shape index (κ2) is 11.5. The molecule has 1 aromatic heterocycles. The number of hydrogen-bond acceptors (Lipinski definition) is 8. The van der Waals surface area contributed by atoms with Crippen molar-refractivity contribution < 1.29 is 28.8 Å². The van der Waals surface area contributed by atoms with E-state index in [9.17, 15) is 29.3 Å². The highest BCUT2D eigenvalue weighted by Crippen LogP contribution is 2.60. The number of alkyl halides is 2. The molecule has 0 spiro atoms. The van der Waals surface area contributed by atoms with Gasteiger partial charge in [-0.1, -0.05) is 67.8 Å². The van der Waals surface area contributed by atoms with Gasteiger partial charge < -0.3 is 4.74 Å². The minimum atomic E-state index is -0.751. The molecule has 2 saturated carbocycles. The summed E-state index contributed by atoms with van der Waals surface area (Å²) < 4.78 is 5.39. The fourth-order valence-corrected chi connectivity index (χ4v) is 9.00. The van der Waals surface area contributed by atoms with Crippen LogP contribution in [0.15, 0.2) is 72.8 Å². The van der Waals surface area contributed by atoms with Gasteiger partial charge in [0.2, 0.25) is 17.6 Å². The SMILES string of the molecule is Cc1ccc2nc(-c3ccc(N4C(=O)C5C6CC(C(Br)C6Br)C5C4=O)cc3)cc(C(=O)OCC(=O)c3cccc([N+](=O)[O-])c3)c2c1. The van der Waals surface area contributed by atoms with Gasteiger partial charge in [0.05, 0.1) is 39.2 Å². The van der Waals surface area contributed by atoms with Gasteiger partial charge in [0.15, 0.2) is 6.61 Å². The van der Waals surface area contributed by atoms with Crippen LogP contribution in [0.25, 0.3) is 22.2 Å². The molecule has 2 amide bonds. The average molecular weight is 747 g/mol. The van der Waals surface area contributed by atoms with Gasteiger partial charge >= 0.3 is 5.97 Å². The van der Waals surface area contributed by atoms with Gasteiger partial charge in [-0.15, -0.1) is 0 Å². The number of halogens is 2. The highest BCUT2D eigenvalue weighted by atomic mass is 79.9. The van der Waals surface area contributed by atoms with E-state index in [0.717, 1.165) is 18.1 Å². The van der Waals surface area contributed by atoms with Crippen LogP contribution in [0.3, 0.4) is 0 Å². The van der Waals surface area contributed by atoms with E-state index in [1.807, 2.05) is 13.0 Å². The predicted molar refractivity (Wildman–Crippen MR) is 176 cm³/mol. The quantitative estimate of drug-likeness (QED) is 0.0527. The number of nitro benzene ring substituents is 1. The zero-order valence-electron chi connectivity index (χ0n) is 24.3. The third-order valence-electron chi connectivity index (χ3n) is 9.31. The van der Waals surface area contributed by atoms with E-state index in [4.69, 9.17) is 9.72 Å². The molecular weight excluding hydrogens is 722 g/mol. The number of hydrogen-bond donors (Lipinski definition) is 0. The molecule has 1 saturated heterocycles. The first-order valence-corrected chi connectivity index (χ1v) is 16.5. The van der Waals surface area contributed by atoms with E-state index in [1.54, 1.807) is 42.5 Å². The number of nitrogens with zero attached hydrogens (tertiary/aromatic N) is 3. The van der Waals surface area contributed by atoms with Gasteiger partial charge in [0, 0.05) is 38.3 Å². The van der Waals surface area contributed by atoms with Crippen LogP contribution >= 0.6 is 31.9 Å². The molecule has 6 atom stereocenters. The van der Waals surface area contributed by atoms with Crippen LogP contribution in [0.5, 0.6) is 0 Å². The van der Waals surface area contributed by atoms with Crippen molar-refractivity contribution in [3.8, 4) is 11.3 Å². The summed E-state index contributed by atoms with van der Waals surface area (Å²) in [6.45, 7) is 1.27. The van der Waals surface area contributed by atoms with Gasteiger partial charge in [-0.2, -0.15) is 0 Å². The molecule has 46 heavy (non-hydrogen) atoms. The minimum Gasteiger partial charge on any atom is -0.454 e. The van der Waals surface area contributed by atoms with Gasteiger partial charge in [0.1, 0.15) is 0 Å². The van der Waals surface area contributed by atoms with E-state index in [2.05, 4.69) is 31.9 Å². The topological polar surface area (TPSA) is 137 Å². The number of ketones is 1. The van der Waals surface area contributed by atoms with E-state index < -0.39 is 23.3 Å². The number of carbonyl (C=O) groups is 4. The van der Waals surface area contributed by atoms with Crippen LogP contribution in [0.2, 0.25) is 0 Å². The van der Waals surface area contributed by atoms with Crippen LogP contribution in [-0.2, 0) is 14.3 Å². The Morgan fingerprint density at radius 2 is 1.63 bits per heavy atom. The number of pyridine rings is 1. The number of non-ortho nitro benzene ring substituents is 1. The number of aromatic nitrogens is 1. The number of anilines is 1. The van der Waals surface area contributed by atoms with Crippen LogP contribution in [0.4, 0.5) is 11.4 Å². The number of rotatable bonds is 7. The summed E-state index contributed by atoms with van der Waals surface area (Å²) in [4.78, 5) is 69.9. The standard InChI is InChI=1S/C34H25Br2N3O7/c1-16-5-10-25-21(11-16)22(34(43)46-15-27(40)18-3-2-4-20(12-18)39(44)45)14-26(37-25)17-6-8-19(9-7-17)38-32(41)28-23-13-24(29(28)33(38)42)31(36)30(23)35/h2-12,14,23-24,28-31H,13,15H2,1H3. The zero-order valence-corrected chi connectivity index (χ0v) is 27.4. The maximum Gasteiger partial charge on any atom is 0.339 e. The lowest BCUT2D eigenvalue weighted by atomic mass is 9.81. The van der Waals surface area contributed by atoms with Crippen LogP contribution < -0.4 is 4.90 Å². The van der Waals surface area contributed by atoms with E-state index in [-0.39, 0.29) is 62.0 Å². The van der Waals surface area contributed by atoms with Gasteiger partial charge in [0.25, 0.3) is 5.69 Å². The van der Waals surface area contributed by atoms with Crippen LogP contribution in [0.1, 0.15) is 32.7 Å². The smallest absolute Gasteiger partial charge is 0.339 e. The number of amides is 2. The first-order valence-electron chi connectivity index (χ1n) is 14.7. The predicted octanol–water partition coefficient (Wildman–Crippen LogP) is 6.44. The summed E-state index contributed by atoms with van der Waals surface area (Å²) in [5, 5.41) is 11.6. The van der Waals surface area contributed by atoms with Crippen molar-refractivity contribution in [2.24, 2.45) is 23.7 Å². The maximum absolute atomic E-state index is 13.5. The van der Waals surface area contributed by atoms with Crippen molar-refractivity contribution in [2.75, 3.05) is 11.5 Å². The molecular formula is C34H25Br2N3O7. The zero-order chi connectivity index (χ0) is 32.4. The van der Waals surface area contributed by atoms with Gasteiger partial charge in [-0.05, 0) is 55.5 Å². The summed E-state index contributed by atoms with van der Waals surface area (Å²) in [5.74, 6) is -2.07. The molecule has 3 fully saturated rings. The van der Waals surface area contributed by atoms with Crippen molar-refractivity contribution in [1.29, 1.82) is 0 Å². The number of esters is 1. The molecule has 1 aliphatic heterocycles. The monoisotopic (exact) mass is 745 g/mol. The van der Waals surface area contributed by atoms with Crippen molar-refractivity contribution in [2.45, 2.75) is 23.0 Å². The number of imide groups is 1. The molecule has 0 radical (unpaired) electrons. The number of carbonyl (C=O) groups excluding carboxylic acids is 4. The summed E-state index contributed by atoms with van der Waals surface area (Å²) in [6.07, 6.45) is 0.853. The first kappa shape index (κ1) is 30.4. The summed E-state index contributed by atoms with van der Waals surface area (Å²) in [5.41, 5.74) is 3.03. The third-order valence-corrected chi connectivity index (χ3v) is 12.5. The van der Waals surface area contributed by atoms with Crippen LogP contribution in [-0.4, -0.2) is 49.7 Å². The molecule has 3 aromatic carbocycles. The summed E-state index contributed by atoms with van der Waals surface area (Å²) in [6, 6.07) is 19.2. The largest absolute Gasteiger partial charge is 0.454 e. The Morgan fingerprint density at radius 3 is 2.28 bits per heavy atom. The number of Topliss-reactive ketones (excluding diaryl/α,β-unsaturated/α-hetero) is 1. The Balaban J connectivity index is 1.15. The van der Waals surface area contributed by atoms with E-state index in [1.165, 1.54) is 23.1 Å². The molecule has 6 unspecified atom stereocenters. The third kappa shape index (κ3) is 4.94. The summed E-state index contributed by atoms with van der Waals surface area (Å²) in [7, 11) is 0. The fourth-order valence-electron chi connectivity index (χ4n) is 7.13. The number of benzene rings is 3. The Morgan fingerprint density at radius 1 is 0.957 bits per heavy atom. The number of ether oxygens (including phenoxy) is 1. The number of nitro groups is 1. The lowest BCUT2D eigenvalue weighted by Gasteiger charge is -2.28. The number of fused-ring (bicyclic) bond motifs is 6. The normalized spacial score (nSPS) is 24.8. The average Bonchev–Trinajstić information content (AvgIpc) is 3.67. The lowest BCUT2D eigenvalue weighted by molar-refractivity contribution is -0.384. The Labute approximate surface area is 279 Å². The highest BCUT2D eigenvalue weighted by Gasteiger charge is 2.66. The molecule has 3 aliphatic rings. The molecule has 4 aromatic rings. The molecule has 12 heteroatoms. The fraction of sp³-hybridized carbons (Fsp3) is 0.265. The maximum atomic E-state index is 13.5. The van der Waals surface area contributed by atoms with E-state index >= 15 is 0 Å². The molecule has 2 bridgehead atoms. The Hall–Kier alpha value is -4.29. The second-order valence-electron chi connectivity index (χ2n) is 11.9. The molecule has 2 aliphatic carbocycles. The Kier molecular flexibility index (Phi) is 7.59. The molecule has 2 heterocycles. The van der Waals surface area contributed by atoms with E-state index in [0.29, 0.717) is 27.8 Å². The Bertz CT molecular complexity index is 1950. The van der Waals surface area contributed by atoms with Gasteiger partial charge in [-0.25, -0.2) is 9.78 Å². The second-order valence-corrected chi connectivity index (χ2v) is 14.1. The molecule has 0 N–H and O–H groups in total. The molecule has 7 rings (SSSR count). The summed E-state index contributed by atoms with van der Waals surface area (Å²) >= 11 is 7.44. The van der Waals surface area contributed by atoms with Gasteiger partial charge in [-0.3, -0.25) is 29.4 Å². The minimum absolute atomic E-state index is 0.0588. The van der Waals surface area contributed by atoms with Crippen molar-refractivity contribution >= 4 is 77.7 Å². The van der Waals surface area contributed by atoms with Crippen molar-refractivity contribution in [1.82, 2.24) is 4.98 Å². The molecule has 10 nitrogen and oxygen atoms in total. The van der Waals surface area contributed by atoms with Crippen molar-refractivity contribution in [3.05, 3.63) is 99.6 Å². The molecule has 232 valence electrons. The van der Waals surface area contributed by atoms with Crippen LogP contribution in [0, 0.1) is 40.7 Å². The lowest BCUT2D eigenvalue weighted by Crippen LogP contribution is -2.37. The van der Waals surface area contributed by atoms with Crippen molar-refractivity contribution in [3.63, 3.8) is 0 Å². The highest BCUT2D eigenvalue weighted by molar-refractivity contribution is 9.12. The number of aryl methyl sites for hydroxylation is 1.